The van der Waals surface area contributed by atoms with Gasteiger partial charge in [-0.2, -0.15) is 0 Å². The number of nitrogens with one attached hydrogen (secondary N) is 1. The van der Waals surface area contributed by atoms with Gasteiger partial charge in [-0.25, -0.2) is 13.1 Å². The minimum absolute atomic E-state index is 0.211. The summed E-state index contributed by atoms with van der Waals surface area (Å²) in [5.74, 6) is 0. The number of ether oxygens (including phenoxy) is 1. The maximum absolute atomic E-state index is 12.3. The standard InChI is InChI=1S/C15H26N2O3S/c1-12(2)20-10-5-4-9-17-21(18,19)15-8-6-7-14(11-16)13(15)3/h6-8,12,17H,4-5,9-11,16H2,1-3H3. The molecule has 21 heavy (non-hydrogen) atoms. The monoisotopic (exact) mass is 314 g/mol. The van der Waals surface area contributed by atoms with Crippen molar-refractivity contribution < 1.29 is 13.2 Å². The lowest BCUT2D eigenvalue weighted by Gasteiger charge is -2.12. The third kappa shape index (κ3) is 5.74. The zero-order chi connectivity index (χ0) is 15.9. The fraction of sp³-hybridized carbons (Fsp3) is 0.600. The summed E-state index contributed by atoms with van der Waals surface area (Å²) in [5.41, 5.74) is 7.18. The first-order chi connectivity index (χ1) is 9.88. The zero-order valence-corrected chi connectivity index (χ0v) is 13.9. The number of unbranched alkanes of at least 4 members (excludes halogenated alkanes) is 1. The lowest BCUT2D eigenvalue weighted by Crippen LogP contribution is -2.26. The van der Waals surface area contributed by atoms with Gasteiger partial charge in [-0.3, -0.25) is 0 Å². The number of nitrogens with two attached hydrogens (primary N) is 1. The normalized spacial score (nSPS) is 12.0. The van der Waals surface area contributed by atoms with Gasteiger partial charge in [-0.15, -0.1) is 0 Å². The van der Waals surface area contributed by atoms with E-state index in [-0.39, 0.29) is 6.10 Å². The second kappa shape index (κ2) is 8.48. The Kier molecular flexibility index (Phi) is 7.31. The Labute approximate surface area is 127 Å². The zero-order valence-electron chi connectivity index (χ0n) is 13.1. The predicted octanol–water partition coefficient (Wildman–Crippen LogP) is 1.94. The Morgan fingerprint density at radius 1 is 1.29 bits per heavy atom. The summed E-state index contributed by atoms with van der Waals surface area (Å²) in [6, 6.07) is 5.18. The van der Waals surface area contributed by atoms with E-state index in [1.807, 2.05) is 19.9 Å². The summed E-state index contributed by atoms with van der Waals surface area (Å²) in [6.07, 6.45) is 1.80. The van der Waals surface area contributed by atoms with Crippen LogP contribution in [0.15, 0.2) is 23.1 Å². The minimum Gasteiger partial charge on any atom is -0.379 e. The van der Waals surface area contributed by atoms with Gasteiger partial charge in [0.05, 0.1) is 11.0 Å². The molecule has 0 heterocycles. The van der Waals surface area contributed by atoms with Gasteiger partial charge in [0.15, 0.2) is 0 Å². The number of benzene rings is 1. The maximum Gasteiger partial charge on any atom is 0.240 e. The van der Waals surface area contributed by atoms with E-state index >= 15 is 0 Å². The second-order valence-corrected chi connectivity index (χ2v) is 7.00. The highest BCUT2D eigenvalue weighted by Gasteiger charge is 2.17. The van der Waals surface area contributed by atoms with Gasteiger partial charge in [0.2, 0.25) is 10.0 Å². The number of hydrogen-bond acceptors (Lipinski definition) is 4. The SMILES string of the molecule is Cc1c(CN)cccc1S(=O)(=O)NCCCCOC(C)C. The second-order valence-electron chi connectivity index (χ2n) is 5.27. The molecule has 0 unspecified atom stereocenters. The number of hydrogen-bond donors (Lipinski definition) is 2. The number of rotatable bonds is 9. The molecule has 120 valence electrons. The fourth-order valence-corrected chi connectivity index (χ4v) is 3.36. The molecule has 0 saturated carbocycles. The van der Waals surface area contributed by atoms with Crippen LogP contribution in [0.4, 0.5) is 0 Å². The van der Waals surface area contributed by atoms with Gasteiger partial charge < -0.3 is 10.5 Å². The predicted molar refractivity (Wildman–Crippen MR) is 84.6 cm³/mol. The van der Waals surface area contributed by atoms with E-state index in [0.717, 1.165) is 24.0 Å². The van der Waals surface area contributed by atoms with Crippen molar-refractivity contribution in [1.82, 2.24) is 4.72 Å². The van der Waals surface area contributed by atoms with E-state index < -0.39 is 10.0 Å². The number of sulfonamides is 1. The molecule has 0 saturated heterocycles. The fourth-order valence-electron chi connectivity index (χ4n) is 2.00. The van der Waals surface area contributed by atoms with Crippen LogP contribution in [0.1, 0.15) is 37.8 Å². The van der Waals surface area contributed by atoms with Crippen molar-refractivity contribution >= 4 is 10.0 Å². The van der Waals surface area contributed by atoms with E-state index in [1.165, 1.54) is 0 Å². The highest BCUT2D eigenvalue weighted by atomic mass is 32.2. The summed E-state index contributed by atoms with van der Waals surface area (Å²) in [7, 11) is -3.47. The van der Waals surface area contributed by atoms with Gasteiger partial charge in [0.25, 0.3) is 0 Å². The minimum atomic E-state index is -3.47. The highest BCUT2D eigenvalue weighted by Crippen LogP contribution is 2.18. The summed E-state index contributed by atoms with van der Waals surface area (Å²) < 4.78 is 32.6. The van der Waals surface area contributed by atoms with Crippen molar-refractivity contribution in [3.8, 4) is 0 Å². The summed E-state index contributed by atoms with van der Waals surface area (Å²) in [4.78, 5) is 0.309. The van der Waals surface area contributed by atoms with Crippen LogP contribution in [0.3, 0.4) is 0 Å². The molecule has 0 atom stereocenters. The van der Waals surface area contributed by atoms with Crippen LogP contribution in [0.25, 0.3) is 0 Å². The van der Waals surface area contributed by atoms with Gasteiger partial charge in [-0.05, 0) is 50.8 Å². The average Bonchev–Trinajstić information content (AvgIpc) is 2.42. The molecule has 5 nitrogen and oxygen atoms in total. The molecule has 0 aromatic heterocycles. The Morgan fingerprint density at radius 2 is 2.00 bits per heavy atom. The largest absolute Gasteiger partial charge is 0.379 e. The Bertz CT molecular complexity index is 542. The Hall–Kier alpha value is -0.950. The van der Waals surface area contributed by atoms with E-state index in [2.05, 4.69) is 4.72 Å². The van der Waals surface area contributed by atoms with Crippen molar-refractivity contribution in [2.75, 3.05) is 13.2 Å². The van der Waals surface area contributed by atoms with Gasteiger partial charge >= 0.3 is 0 Å². The van der Waals surface area contributed by atoms with Crippen LogP contribution in [0.2, 0.25) is 0 Å². The molecule has 0 amide bonds. The molecule has 1 aromatic carbocycles. The molecule has 0 radical (unpaired) electrons. The van der Waals surface area contributed by atoms with Gasteiger partial charge in [0, 0.05) is 19.7 Å². The molecular weight excluding hydrogens is 288 g/mol. The van der Waals surface area contributed by atoms with E-state index in [4.69, 9.17) is 10.5 Å². The molecule has 0 bridgehead atoms. The smallest absolute Gasteiger partial charge is 0.240 e. The third-order valence-corrected chi connectivity index (χ3v) is 4.83. The lowest BCUT2D eigenvalue weighted by atomic mass is 10.1. The molecule has 0 spiro atoms. The van der Waals surface area contributed by atoms with Crippen LogP contribution in [-0.4, -0.2) is 27.7 Å². The van der Waals surface area contributed by atoms with E-state index in [9.17, 15) is 8.42 Å². The Morgan fingerprint density at radius 3 is 2.62 bits per heavy atom. The topological polar surface area (TPSA) is 81.4 Å². The third-order valence-electron chi connectivity index (χ3n) is 3.22. The lowest BCUT2D eigenvalue weighted by molar-refractivity contribution is 0.0762. The average molecular weight is 314 g/mol. The summed E-state index contributed by atoms with van der Waals surface area (Å²) in [5, 5.41) is 0. The van der Waals surface area contributed by atoms with Crippen molar-refractivity contribution in [2.45, 2.75) is 51.2 Å². The summed E-state index contributed by atoms with van der Waals surface area (Å²) in [6.45, 7) is 7.15. The molecule has 1 aromatic rings. The molecule has 0 aliphatic rings. The van der Waals surface area contributed by atoms with Gasteiger partial charge in [-0.1, -0.05) is 12.1 Å². The van der Waals surface area contributed by atoms with Crippen LogP contribution in [0.5, 0.6) is 0 Å². The molecule has 6 heteroatoms. The first kappa shape index (κ1) is 18.1. The quantitative estimate of drug-likeness (QED) is 0.683. The highest BCUT2D eigenvalue weighted by molar-refractivity contribution is 7.89. The van der Waals surface area contributed by atoms with Crippen molar-refractivity contribution in [2.24, 2.45) is 5.73 Å². The molecule has 0 aliphatic heterocycles. The molecule has 1 rings (SSSR count). The first-order valence-corrected chi connectivity index (χ1v) is 8.76. The van der Waals surface area contributed by atoms with Crippen LogP contribution < -0.4 is 10.5 Å². The van der Waals surface area contributed by atoms with Crippen LogP contribution in [0, 0.1) is 6.92 Å². The van der Waals surface area contributed by atoms with Crippen molar-refractivity contribution in [3.63, 3.8) is 0 Å². The van der Waals surface area contributed by atoms with Crippen molar-refractivity contribution in [3.05, 3.63) is 29.3 Å². The first-order valence-electron chi connectivity index (χ1n) is 7.28. The van der Waals surface area contributed by atoms with Crippen LogP contribution >= 0.6 is 0 Å². The van der Waals surface area contributed by atoms with Crippen LogP contribution in [-0.2, 0) is 21.3 Å². The Balaban J connectivity index is 2.54. The van der Waals surface area contributed by atoms with Crippen molar-refractivity contribution in [1.29, 1.82) is 0 Å². The summed E-state index contributed by atoms with van der Waals surface area (Å²) >= 11 is 0. The maximum atomic E-state index is 12.3. The van der Waals surface area contributed by atoms with E-state index in [0.29, 0.717) is 24.6 Å². The van der Waals surface area contributed by atoms with E-state index in [1.54, 1.807) is 19.1 Å². The van der Waals surface area contributed by atoms with Gasteiger partial charge in [0.1, 0.15) is 0 Å². The molecular formula is C15H26N2O3S. The molecule has 0 aliphatic carbocycles. The molecule has 0 fully saturated rings. The molecule has 3 N–H and O–H groups in total.